The molecular weight excluding hydrogens is 245 g/mol. The second-order valence-corrected chi connectivity index (χ2v) is 5.18. The largest absolute Gasteiger partial charge is 0.391 e. The molecule has 2 rings (SSSR count). The summed E-state index contributed by atoms with van der Waals surface area (Å²) in [4.78, 5) is 2.16. The number of hydrogen-bond donors (Lipinski definition) is 1. The van der Waals surface area contributed by atoms with Crippen molar-refractivity contribution in [1.29, 1.82) is 0 Å². The summed E-state index contributed by atoms with van der Waals surface area (Å²) in [5, 5.41) is 3.25. The smallest absolute Gasteiger partial charge is 0.380 e. The molecule has 2 aliphatic rings. The van der Waals surface area contributed by atoms with Crippen LogP contribution in [0.2, 0.25) is 0 Å². The molecule has 2 fully saturated rings. The molecule has 0 amide bonds. The number of likely N-dealkylation sites (N-methyl/N-ethyl adjacent to an activating group) is 1. The van der Waals surface area contributed by atoms with Crippen molar-refractivity contribution in [3.63, 3.8) is 0 Å². The van der Waals surface area contributed by atoms with E-state index in [4.69, 9.17) is 4.74 Å². The van der Waals surface area contributed by atoms with Crippen molar-refractivity contribution in [2.45, 2.75) is 37.5 Å². The van der Waals surface area contributed by atoms with Gasteiger partial charge in [-0.05, 0) is 39.4 Å². The van der Waals surface area contributed by atoms with Crippen LogP contribution in [0.25, 0.3) is 0 Å². The molecule has 1 N–H and O–H groups in total. The Morgan fingerprint density at radius 1 is 1.17 bits per heavy atom. The van der Waals surface area contributed by atoms with Gasteiger partial charge in [0, 0.05) is 18.7 Å². The molecule has 2 atom stereocenters. The highest BCUT2D eigenvalue weighted by atomic mass is 19.4. The molecule has 0 saturated carbocycles. The van der Waals surface area contributed by atoms with Gasteiger partial charge in [0.05, 0.1) is 12.5 Å². The molecule has 0 aliphatic carbocycles. The van der Waals surface area contributed by atoms with E-state index in [-0.39, 0.29) is 18.9 Å². The van der Waals surface area contributed by atoms with Crippen molar-refractivity contribution in [1.82, 2.24) is 10.2 Å². The number of likely N-dealkylation sites (tertiary alicyclic amines) is 1. The van der Waals surface area contributed by atoms with Crippen LogP contribution in [0.1, 0.15) is 19.3 Å². The van der Waals surface area contributed by atoms with Crippen molar-refractivity contribution in [2.75, 3.05) is 33.4 Å². The van der Waals surface area contributed by atoms with Crippen LogP contribution >= 0.6 is 0 Å². The monoisotopic (exact) mass is 266 g/mol. The number of halogens is 3. The molecule has 0 bridgehead atoms. The van der Waals surface area contributed by atoms with Crippen molar-refractivity contribution < 1.29 is 17.9 Å². The zero-order valence-electron chi connectivity index (χ0n) is 10.7. The summed E-state index contributed by atoms with van der Waals surface area (Å²) in [6.45, 7) is 2.41. The van der Waals surface area contributed by atoms with E-state index in [1.54, 1.807) is 0 Å². The summed E-state index contributed by atoms with van der Waals surface area (Å²) in [7, 11) is 1.91. The van der Waals surface area contributed by atoms with Gasteiger partial charge < -0.3 is 10.1 Å². The fraction of sp³-hybridized carbons (Fsp3) is 1.00. The van der Waals surface area contributed by atoms with E-state index < -0.39 is 12.1 Å². The molecule has 0 aromatic rings. The van der Waals surface area contributed by atoms with Gasteiger partial charge in [-0.1, -0.05) is 0 Å². The summed E-state index contributed by atoms with van der Waals surface area (Å²) in [5.41, 5.74) is 0. The van der Waals surface area contributed by atoms with Crippen LogP contribution in [0, 0.1) is 5.92 Å². The number of alkyl halides is 3. The van der Waals surface area contributed by atoms with Gasteiger partial charge in [0.15, 0.2) is 0 Å². The number of piperidine rings is 1. The molecule has 6 heteroatoms. The lowest BCUT2D eigenvalue weighted by Gasteiger charge is -2.43. The van der Waals surface area contributed by atoms with Gasteiger partial charge in [-0.15, -0.1) is 0 Å². The molecule has 2 unspecified atom stereocenters. The van der Waals surface area contributed by atoms with E-state index >= 15 is 0 Å². The first kappa shape index (κ1) is 14.1. The third-order valence-corrected chi connectivity index (χ3v) is 4.16. The lowest BCUT2D eigenvalue weighted by Crippen LogP contribution is -2.56. The van der Waals surface area contributed by atoms with E-state index in [1.165, 1.54) is 0 Å². The van der Waals surface area contributed by atoms with Crippen LogP contribution in [-0.2, 0) is 4.74 Å². The topological polar surface area (TPSA) is 24.5 Å². The van der Waals surface area contributed by atoms with Crippen molar-refractivity contribution in [2.24, 2.45) is 5.92 Å². The second kappa shape index (κ2) is 5.75. The number of nitrogens with one attached hydrogen (secondary N) is 1. The first-order valence-corrected chi connectivity index (χ1v) is 6.58. The summed E-state index contributed by atoms with van der Waals surface area (Å²) >= 11 is 0. The average molecular weight is 266 g/mol. The Hall–Kier alpha value is -0.330. The number of hydrogen-bond acceptors (Lipinski definition) is 3. The minimum atomic E-state index is -4.03. The summed E-state index contributed by atoms with van der Waals surface area (Å²) in [5.74, 6) is -1.12. The Bertz CT molecular complexity index is 265. The highest BCUT2D eigenvalue weighted by Gasteiger charge is 2.42. The highest BCUT2D eigenvalue weighted by Crippen LogP contribution is 2.35. The molecule has 2 aliphatic heterocycles. The predicted octanol–water partition coefficient (Wildman–Crippen LogP) is 1.64. The first-order chi connectivity index (χ1) is 8.52. The normalized spacial score (nSPS) is 32.7. The maximum atomic E-state index is 12.6. The number of rotatable bonds is 2. The number of nitrogens with zero attached hydrogens (tertiary/aromatic N) is 1. The van der Waals surface area contributed by atoms with Gasteiger partial charge in [-0.25, -0.2) is 0 Å². The molecule has 0 spiro atoms. The maximum absolute atomic E-state index is 12.6. The fourth-order valence-corrected chi connectivity index (χ4v) is 2.98. The van der Waals surface area contributed by atoms with Crippen LogP contribution in [0.15, 0.2) is 0 Å². The van der Waals surface area contributed by atoms with Crippen molar-refractivity contribution >= 4 is 0 Å². The third-order valence-electron chi connectivity index (χ3n) is 4.16. The minimum Gasteiger partial charge on any atom is -0.380 e. The van der Waals surface area contributed by atoms with Crippen LogP contribution in [0.4, 0.5) is 13.2 Å². The van der Waals surface area contributed by atoms with Gasteiger partial charge >= 0.3 is 6.18 Å². The van der Waals surface area contributed by atoms with Gasteiger partial charge in [0.2, 0.25) is 0 Å². The quantitative estimate of drug-likeness (QED) is 0.822. The van der Waals surface area contributed by atoms with Crippen LogP contribution < -0.4 is 5.32 Å². The lowest BCUT2D eigenvalue weighted by atomic mass is 9.93. The zero-order valence-corrected chi connectivity index (χ0v) is 10.7. The highest BCUT2D eigenvalue weighted by molar-refractivity contribution is 4.89. The van der Waals surface area contributed by atoms with Crippen LogP contribution in [0.5, 0.6) is 0 Å². The van der Waals surface area contributed by atoms with Crippen molar-refractivity contribution in [3.8, 4) is 0 Å². The molecule has 18 heavy (non-hydrogen) atoms. The van der Waals surface area contributed by atoms with Gasteiger partial charge in [-0.3, -0.25) is 4.90 Å². The molecule has 3 nitrogen and oxygen atoms in total. The first-order valence-electron chi connectivity index (χ1n) is 6.58. The molecule has 0 aromatic heterocycles. The standard InChI is InChI=1S/C12H21F3N2O/c1-16-10-4-7-18-8-11(10)17-5-2-9(3-6-17)12(13,14)15/h9-11,16H,2-8H2,1H3. The SMILES string of the molecule is CNC1CCOCC1N1CCC(C(F)(F)F)CC1. The maximum Gasteiger partial charge on any atom is 0.391 e. The zero-order chi connectivity index (χ0) is 13.2. The van der Waals surface area contributed by atoms with E-state index in [0.29, 0.717) is 25.7 Å². The molecule has 106 valence electrons. The Balaban J connectivity index is 1.88. The predicted molar refractivity (Wildman–Crippen MR) is 62.4 cm³/mol. The van der Waals surface area contributed by atoms with Gasteiger partial charge in [0.25, 0.3) is 0 Å². The molecule has 0 radical (unpaired) electrons. The third kappa shape index (κ3) is 3.16. The van der Waals surface area contributed by atoms with Crippen molar-refractivity contribution in [3.05, 3.63) is 0 Å². The molecule has 0 aromatic carbocycles. The number of ether oxygens (including phenoxy) is 1. The van der Waals surface area contributed by atoms with Gasteiger partial charge in [0.1, 0.15) is 0 Å². The Kier molecular flexibility index (Phi) is 4.50. The summed E-state index contributed by atoms with van der Waals surface area (Å²) in [6.07, 6.45) is -2.66. The summed E-state index contributed by atoms with van der Waals surface area (Å²) in [6, 6.07) is 0.555. The second-order valence-electron chi connectivity index (χ2n) is 5.18. The molecule has 2 saturated heterocycles. The van der Waals surface area contributed by atoms with Crippen LogP contribution in [-0.4, -0.2) is 56.5 Å². The van der Waals surface area contributed by atoms with Gasteiger partial charge in [-0.2, -0.15) is 13.2 Å². The lowest BCUT2D eigenvalue weighted by molar-refractivity contribution is -0.187. The van der Waals surface area contributed by atoms with E-state index in [0.717, 1.165) is 13.0 Å². The molecular formula is C12H21F3N2O. The Morgan fingerprint density at radius 3 is 2.39 bits per heavy atom. The average Bonchev–Trinajstić information content (AvgIpc) is 2.38. The fourth-order valence-electron chi connectivity index (χ4n) is 2.98. The Morgan fingerprint density at radius 2 is 1.83 bits per heavy atom. The van der Waals surface area contributed by atoms with E-state index in [1.807, 2.05) is 7.05 Å². The molecule has 2 heterocycles. The minimum absolute atomic E-state index is 0.219. The Labute approximate surface area is 106 Å². The van der Waals surface area contributed by atoms with Crippen LogP contribution in [0.3, 0.4) is 0 Å². The van der Waals surface area contributed by atoms with E-state index in [2.05, 4.69) is 10.2 Å². The summed E-state index contributed by atoms with van der Waals surface area (Å²) < 4.78 is 43.3. The van der Waals surface area contributed by atoms with E-state index in [9.17, 15) is 13.2 Å².